The number of aromatic nitrogens is 1. The van der Waals surface area contributed by atoms with Gasteiger partial charge in [-0.25, -0.2) is 0 Å². The van der Waals surface area contributed by atoms with Crippen LogP contribution in [-0.2, 0) is 11.3 Å². The minimum absolute atomic E-state index is 0. The van der Waals surface area contributed by atoms with E-state index in [0.717, 1.165) is 5.56 Å². The Morgan fingerprint density at radius 1 is 1.50 bits per heavy atom. The highest BCUT2D eigenvalue weighted by Crippen LogP contribution is 1.90. The third kappa shape index (κ3) is 4.27. The first-order valence-corrected chi connectivity index (χ1v) is 4.50. The SMILES string of the molecule is CN(C)C(=O)C[n+]1ccc(/C=N/O)cc1.[Cl-]. The minimum atomic E-state index is 0. The molecule has 0 radical (unpaired) electrons. The molecule has 1 aromatic rings. The molecule has 1 rings (SSSR count). The molecule has 0 unspecified atom stereocenters. The van der Waals surface area contributed by atoms with Crippen molar-refractivity contribution in [2.75, 3.05) is 14.1 Å². The molecule has 0 saturated carbocycles. The fraction of sp³-hybridized carbons (Fsp3) is 0.300. The Hall–Kier alpha value is -1.62. The van der Waals surface area contributed by atoms with Crippen molar-refractivity contribution in [3.63, 3.8) is 0 Å². The lowest BCUT2D eigenvalue weighted by molar-refractivity contribution is -0.685. The van der Waals surface area contributed by atoms with Gasteiger partial charge in [0, 0.05) is 31.8 Å². The van der Waals surface area contributed by atoms with Crippen molar-refractivity contribution in [2.45, 2.75) is 6.54 Å². The van der Waals surface area contributed by atoms with Crippen molar-refractivity contribution < 1.29 is 27.0 Å². The summed E-state index contributed by atoms with van der Waals surface area (Å²) in [6.07, 6.45) is 4.86. The Kier molecular flexibility index (Phi) is 6.10. The lowest BCUT2D eigenvalue weighted by Crippen LogP contribution is -3.00. The maximum absolute atomic E-state index is 11.4. The van der Waals surface area contributed by atoms with Crippen molar-refractivity contribution in [2.24, 2.45) is 5.16 Å². The van der Waals surface area contributed by atoms with Gasteiger partial charge in [0.05, 0.1) is 6.21 Å². The summed E-state index contributed by atoms with van der Waals surface area (Å²) in [5.41, 5.74) is 0.783. The van der Waals surface area contributed by atoms with Crippen molar-refractivity contribution in [1.82, 2.24) is 4.90 Å². The normalized spacial score (nSPS) is 9.88. The summed E-state index contributed by atoms with van der Waals surface area (Å²) in [5.74, 6) is 0.0311. The van der Waals surface area contributed by atoms with E-state index in [-0.39, 0.29) is 18.3 Å². The lowest BCUT2D eigenvalue weighted by atomic mass is 10.3. The summed E-state index contributed by atoms with van der Waals surface area (Å²) < 4.78 is 1.76. The Morgan fingerprint density at radius 3 is 2.50 bits per heavy atom. The topological polar surface area (TPSA) is 56.8 Å². The van der Waals surface area contributed by atoms with Gasteiger partial charge < -0.3 is 22.5 Å². The molecular weight excluding hydrogens is 230 g/mol. The Morgan fingerprint density at radius 2 is 2.06 bits per heavy atom. The van der Waals surface area contributed by atoms with Gasteiger partial charge in [0.2, 0.25) is 6.54 Å². The molecule has 0 aliphatic carbocycles. The Bertz CT molecular complexity index is 363. The molecule has 0 aliphatic heterocycles. The first-order chi connectivity index (χ1) is 7.13. The number of pyridine rings is 1. The maximum atomic E-state index is 11.4. The standard InChI is InChI=1S/C10H13N3O2.ClH/c1-12(2)10(14)8-13-5-3-9(4-6-13)7-11-15;/h3-7H,8H2,1-2H3;1H. The predicted molar refractivity (Wildman–Crippen MR) is 54.7 cm³/mol. The number of carbonyl (C=O) groups is 1. The molecule has 1 heterocycles. The number of oxime groups is 1. The van der Waals surface area contributed by atoms with Gasteiger partial charge in [0.25, 0.3) is 5.91 Å². The molecule has 0 atom stereocenters. The van der Waals surface area contributed by atoms with Crippen LogP contribution in [-0.4, -0.2) is 36.3 Å². The van der Waals surface area contributed by atoms with Crippen LogP contribution in [0, 0.1) is 0 Å². The van der Waals surface area contributed by atoms with E-state index in [1.807, 2.05) is 0 Å². The van der Waals surface area contributed by atoms with Gasteiger partial charge in [-0.2, -0.15) is 4.57 Å². The molecule has 0 aliphatic rings. The van der Waals surface area contributed by atoms with E-state index in [9.17, 15) is 4.79 Å². The van der Waals surface area contributed by atoms with Gasteiger partial charge in [0.15, 0.2) is 12.4 Å². The van der Waals surface area contributed by atoms with Crippen LogP contribution in [0.1, 0.15) is 5.56 Å². The van der Waals surface area contributed by atoms with E-state index in [1.165, 1.54) is 11.1 Å². The molecule has 88 valence electrons. The molecule has 1 amide bonds. The van der Waals surface area contributed by atoms with Crippen molar-refractivity contribution in [3.05, 3.63) is 30.1 Å². The van der Waals surface area contributed by atoms with Crippen LogP contribution in [0.5, 0.6) is 0 Å². The van der Waals surface area contributed by atoms with Gasteiger partial charge in [-0.15, -0.1) is 0 Å². The van der Waals surface area contributed by atoms with Crippen LogP contribution in [0.15, 0.2) is 29.7 Å². The summed E-state index contributed by atoms with van der Waals surface area (Å²) in [7, 11) is 3.44. The van der Waals surface area contributed by atoms with Crippen LogP contribution in [0.2, 0.25) is 0 Å². The van der Waals surface area contributed by atoms with Crippen LogP contribution >= 0.6 is 0 Å². The van der Waals surface area contributed by atoms with Gasteiger partial charge >= 0.3 is 0 Å². The first kappa shape index (κ1) is 14.4. The van der Waals surface area contributed by atoms with E-state index in [2.05, 4.69) is 5.16 Å². The number of nitrogens with zero attached hydrogens (tertiary/aromatic N) is 3. The second-order valence-electron chi connectivity index (χ2n) is 3.34. The van der Waals surface area contributed by atoms with Gasteiger partial charge in [-0.3, -0.25) is 4.79 Å². The van der Waals surface area contributed by atoms with E-state index in [0.29, 0.717) is 6.54 Å². The zero-order valence-electron chi connectivity index (χ0n) is 9.17. The average Bonchev–Trinajstić information content (AvgIpc) is 2.21. The molecule has 0 aromatic carbocycles. The largest absolute Gasteiger partial charge is 1.00 e. The highest BCUT2D eigenvalue weighted by atomic mass is 35.5. The van der Waals surface area contributed by atoms with Crippen LogP contribution in [0.3, 0.4) is 0 Å². The molecular formula is C10H14ClN3O2. The van der Waals surface area contributed by atoms with E-state index in [1.54, 1.807) is 43.2 Å². The number of carbonyl (C=O) groups excluding carboxylic acids is 1. The summed E-state index contributed by atoms with van der Waals surface area (Å²) in [6, 6.07) is 3.53. The summed E-state index contributed by atoms with van der Waals surface area (Å²) in [4.78, 5) is 12.9. The number of likely N-dealkylation sites (N-methyl/N-ethyl adjacent to an activating group) is 1. The third-order valence-electron chi connectivity index (χ3n) is 1.94. The summed E-state index contributed by atoms with van der Waals surface area (Å²) in [6.45, 7) is 0.309. The summed E-state index contributed by atoms with van der Waals surface area (Å²) >= 11 is 0. The molecule has 16 heavy (non-hydrogen) atoms. The van der Waals surface area contributed by atoms with Crippen LogP contribution in [0.25, 0.3) is 0 Å². The summed E-state index contributed by atoms with van der Waals surface area (Å²) in [5, 5.41) is 11.2. The fourth-order valence-corrected chi connectivity index (χ4v) is 1.02. The predicted octanol–water partition coefficient (Wildman–Crippen LogP) is -3.13. The van der Waals surface area contributed by atoms with Gasteiger partial charge in [0.1, 0.15) is 0 Å². The Balaban J connectivity index is 0.00000225. The van der Waals surface area contributed by atoms with Crippen LogP contribution < -0.4 is 17.0 Å². The number of rotatable bonds is 3. The van der Waals surface area contributed by atoms with Gasteiger partial charge in [-0.1, -0.05) is 5.16 Å². The molecule has 5 nitrogen and oxygen atoms in total. The molecule has 1 N–H and O–H groups in total. The van der Waals surface area contributed by atoms with E-state index >= 15 is 0 Å². The number of hydrogen-bond donors (Lipinski definition) is 1. The van der Waals surface area contributed by atoms with Crippen molar-refractivity contribution in [1.29, 1.82) is 0 Å². The number of hydrogen-bond acceptors (Lipinski definition) is 3. The molecule has 0 spiro atoms. The number of amides is 1. The number of halogens is 1. The monoisotopic (exact) mass is 243 g/mol. The minimum Gasteiger partial charge on any atom is -1.00 e. The Labute approximate surface area is 100 Å². The highest BCUT2D eigenvalue weighted by molar-refractivity contribution is 5.78. The second kappa shape index (κ2) is 6.79. The van der Waals surface area contributed by atoms with Crippen LogP contribution in [0.4, 0.5) is 0 Å². The van der Waals surface area contributed by atoms with Crippen molar-refractivity contribution >= 4 is 12.1 Å². The highest BCUT2D eigenvalue weighted by Gasteiger charge is 2.10. The fourth-order valence-electron chi connectivity index (χ4n) is 1.02. The lowest BCUT2D eigenvalue weighted by Gasteiger charge is -2.06. The maximum Gasteiger partial charge on any atom is 0.288 e. The first-order valence-electron chi connectivity index (χ1n) is 4.50. The quantitative estimate of drug-likeness (QED) is 0.264. The zero-order chi connectivity index (χ0) is 11.3. The molecule has 1 aromatic heterocycles. The second-order valence-corrected chi connectivity index (χ2v) is 3.34. The smallest absolute Gasteiger partial charge is 0.288 e. The average molecular weight is 244 g/mol. The van der Waals surface area contributed by atoms with Gasteiger partial charge in [-0.05, 0) is 0 Å². The molecule has 0 fully saturated rings. The van der Waals surface area contributed by atoms with E-state index in [4.69, 9.17) is 5.21 Å². The third-order valence-corrected chi connectivity index (χ3v) is 1.94. The molecule has 0 bridgehead atoms. The zero-order valence-corrected chi connectivity index (χ0v) is 9.92. The van der Waals surface area contributed by atoms with Crippen molar-refractivity contribution in [3.8, 4) is 0 Å². The molecule has 0 saturated heterocycles. The molecule has 6 heteroatoms. The van der Waals surface area contributed by atoms with E-state index < -0.39 is 0 Å².